The lowest BCUT2D eigenvalue weighted by Gasteiger charge is -2.32. The van der Waals surface area contributed by atoms with Crippen molar-refractivity contribution in [2.24, 2.45) is 0 Å². The third kappa shape index (κ3) is 9.62. The van der Waals surface area contributed by atoms with Crippen LogP contribution in [0.1, 0.15) is 75.6 Å². The van der Waals surface area contributed by atoms with E-state index in [1.54, 1.807) is 0 Å². The molecule has 3 heterocycles. The summed E-state index contributed by atoms with van der Waals surface area (Å²) in [6.07, 6.45) is 4.06. The molecule has 0 bridgehead atoms. The van der Waals surface area contributed by atoms with Gasteiger partial charge in [0, 0.05) is 75.6 Å². The lowest BCUT2D eigenvalue weighted by Crippen LogP contribution is -2.23. The molecule has 2 aliphatic carbocycles. The summed E-state index contributed by atoms with van der Waals surface area (Å²) in [5, 5.41) is 0. The summed E-state index contributed by atoms with van der Waals surface area (Å²) >= 11 is 3.71. The Kier molecular flexibility index (Phi) is 14.6. The fraction of sp³-hybridized carbons (Fsp3) is 0.116. The van der Waals surface area contributed by atoms with Gasteiger partial charge >= 0.3 is 0 Å². The predicted octanol–water partition coefficient (Wildman–Crippen LogP) is 24.9. The molecule has 3 aromatic heterocycles. The van der Waals surface area contributed by atoms with Crippen LogP contribution in [0.3, 0.4) is 0 Å². The van der Waals surface area contributed by atoms with E-state index in [-0.39, 0.29) is 10.8 Å². The molecule has 0 aliphatic heterocycles. The van der Waals surface area contributed by atoms with Crippen LogP contribution in [0, 0.1) is 0 Å². The summed E-state index contributed by atoms with van der Waals surface area (Å²) in [6.45, 7) is 9.45. The minimum Gasteiger partial charge on any atom is -0.310 e. The number of hydrogen-bond donors (Lipinski definition) is 0. The number of rotatable bonds is 16. The highest BCUT2D eigenvalue weighted by Crippen LogP contribution is 2.57. The highest BCUT2D eigenvalue weighted by molar-refractivity contribution is 7.19. The third-order valence-corrected chi connectivity index (χ3v) is 22.3. The Morgan fingerprint density at radius 1 is 0.261 bits per heavy atom. The predicted molar refractivity (Wildman–Crippen MR) is 391 cm³/mol. The quantitative estimate of drug-likeness (QED) is 0.0965. The van der Waals surface area contributed by atoms with E-state index in [4.69, 9.17) is 9.97 Å². The van der Waals surface area contributed by atoms with Gasteiger partial charge in [-0.2, -0.15) is 0 Å². The lowest BCUT2D eigenvalue weighted by atomic mass is 9.73. The van der Waals surface area contributed by atoms with E-state index in [0.29, 0.717) is 0 Å². The molecule has 0 atom stereocenters. The molecule has 0 saturated carbocycles. The zero-order chi connectivity index (χ0) is 61.9. The molecule has 2 aliphatic rings. The molecule has 16 rings (SSSR count). The number of nitrogens with zero attached hydrogens (tertiary/aromatic N) is 4. The number of thiophene rings is 2. The zero-order valence-corrected chi connectivity index (χ0v) is 53.8. The van der Waals surface area contributed by atoms with Crippen molar-refractivity contribution < 1.29 is 0 Å². The Morgan fingerprint density at radius 2 is 0.533 bits per heavy atom. The van der Waals surface area contributed by atoms with Gasteiger partial charge in [0.1, 0.15) is 0 Å². The average molecular weight is 1220 g/mol. The molecule has 0 radical (unpaired) electrons. The number of para-hydroxylation sites is 6. The second-order valence-corrected chi connectivity index (χ2v) is 26.6. The molecule has 4 nitrogen and oxygen atoms in total. The molecule has 0 fully saturated rings. The second kappa shape index (κ2) is 23.5. The van der Waals surface area contributed by atoms with Crippen molar-refractivity contribution in [3.63, 3.8) is 0 Å². The molecule has 0 spiro atoms. The largest absolute Gasteiger partial charge is 0.310 e. The van der Waals surface area contributed by atoms with Crippen molar-refractivity contribution >= 4 is 67.8 Å². The zero-order valence-electron chi connectivity index (χ0n) is 52.1. The van der Waals surface area contributed by atoms with E-state index >= 15 is 0 Å². The van der Waals surface area contributed by atoms with Crippen molar-refractivity contribution in [3.8, 4) is 86.5 Å². The maximum absolute atomic E-state index is 5.33. The summed E-state index contributed by atoms with van der Waals surface area (Å²) in [4.78, 5) is 20.4. The molecule has 11 aromatic carbocycles. The van der Waals surface area contributed by atoms with Crippen LogP contribution in [0.25, 0.3) is 97.6 Å². The van der Waals surface area contributed by atoms with Gasteiger partial charge in [0.2, 0.25) is 0 Å². The average Bonchev–Trinajstić information content (AvgIpc) is 1.58. The van der Waals surface area contributed by atoms with E-state index in [2.05, 4.69) is 317 Å². The van der Waals surface area contributed by atoms with Crippen LogP contribution in [0.5, 0.6) is 0 Å². The molecule has 0 unspecified atom stereocenters. The normalized spacial score (nSPS) is 13.1. The molecule has 6 heteroatoms. The summed E-state index contributed by atoms with van der Waals surface area (Å²) < 4.78 is 0. The van der Waals surface area contributed by atoms with Gasteiger partial charge in [-0.05, 0) is 214 Å². The monoisotopic (exact) mass is 1220 g/mol. The molecule has 92 heavy (non-hydrogen) atoms. The minimum absolute atomic E-state index is 0.105. The Labute approximate surface area is 548 Å². The molecular weight excluding hydrogens is 1150 g/mol. The number of benzene rings is 11. The summed E-state index contributed by atoms with van der Waals surface area (Å²) in [5.74, 6) is 0. The lowest BCUT2D eigenvalue weighted by molar-refractivity contribution is 0.490. The molecular formula is C86H68N4S2. The van der Waals surface area contributed by atoms with Gasteiger partial charge in [-0.1, -0.05) is 198 Å². The smallest absolute Gasteiger partial charge is 0.0973 e. The minimum atomic E-state index is -0.105. The van der Waals surface area contributed by atoms with Crippen molar-refractivity contribution in [2.45, 2.75) is 64.2 Å². The van der Waals surface area contributed by atoms with Crippen LogP contribution in [0.15, 0.2) is 291 Å². The van der Waals surface area contributed by atoms with Crippen LogP contribution in [0.2, 0.25) is 0 Å². The first kappa shape index (κ1) is 57.0. The van der Waals surface area contributed by atoms with Gasteiger partial charge in [-0.3, -0.25) is 0 Å². The summed E-state index contributed by atoms with van der Waals surface area (Å²) in [7, 11) is 0. The Hall–Kier alpha value is -10.2. The molecule has 0 N–H and O–H groups in total. The fourth-order valence-electron chi connectivity index (χ4n) is 15.1. The molecule has 14 aromatic rings. The fourth-order valence-corrected chi connectivity index (χ4v) is 17.1. The van der Waals surface area contributed by atoms with Crippen LogP contribution < -0.4 is 9.80 Å². The van der Waals surface area contributed by atoms with Crippen molar-refractivity contribution in [3.05, 3.63) is 313 Å². The van der Waals surface area contributed by atoms with Gasteiger partial charge < -0.3 is 9.80 Å². The van der Waals surface area contributed by atoms with Gasteiger partial charge in [0.05, 0.1) is 22.4 Å². The van der Waals surface area contributed by atoms with Crippen molar-refractivity contribution in [2.75, 3.05) is 9.80 Å². The molecule has 0 amide bonds. The topological polar surface area (TPSA) is 32.3 Å². The molecule has 444 valence electrons. The summed E-state index contributed by atoms with van der Waals surface area (Å²) in [6, 6.07) is 107. The summed E-state index contributed by atoms with van der Waals surface area (Å²) in [5.41, 5.74) is 28.3. The van der Waals surface area contributed by atoms with E-state index in [9.17, 15) is 0 Å². The molecule has 0 saturated heterocycles. The van der Waals surface area contributed by atoms with Gasteiger partial charge in [-0.25, -0.2) is 9.97 Å². The van der Waals surface area contributed by atoms with E-state index in [0.717, 1.165) is 82.0 Å². The number of fused-ring (bicyclic) bond motifs is 7. The number of aromatic nitrogens is 2. The first-order valence-corrected chi connectivity index (χ1v) is 34.1. The maximum Gasteiger partial charge on any atom is 0.0973 e. The van der Waals surface area contributed by atoms with Crippen LogP contribution >= 0.6 is 22.7 Å². The van der Waals surface area contributed by atoms with Crippen LogP contribution in [-0.4, -0.2) is 9.97 Å². The number of hydrogen-bond acceptors (Lipinski definition) is 6. The first-order valence-electron chi connectivity index (χ1n) is 32.4. The van der Waals surface area contributed by atoms with Crippen molar-refractivity contribution in [1.29, 1.82) is 0 Å². The van der Waals surface area contributed by atoms with Crippen LogP contribution in [0.4, 0.5) is 34.1 Å². The Morgan fingerprint density at radius 3 is 0.859 bits per heavy atom. The third-order valence-electron chi connectivity index (χ3n) is 19.9. The van der Waals surface area contributed by atoms with E-state index in [1.165, 1.54) is 97.6 Å². The van der Waals surface area contributed by atoms with E-state index < -0.39 is 0 Å². The SMILES string of the molecule is CCC1(CC)c2cc(-c3ccc(-c4ccc(-c5nc6ccccc6nc5-c5ccc(-c6ccc(-c7ccc8c(c7)C(CC)(CC)c7cc(N(c9ccccc9)c9ccccc9)ccc7-8)s6)cc5)cc4)s3)ccc2-c2ccc(N(c3ccccc3)c3ccccc3)cc21. The highest BCUT2D eigenvalue weighted by atomic mass is 32.1. The Balaban J connectivity index is 0.659. The van der Waals surface area contributed by atoms with Crippen molar-refractivity contribution in [1.82, 2.24) is 9.97 Å². The van der Waals surface area contributed by atoms with Gasteiger partial charge in [0.25, 0.3) is 0 Å². The van der Waals surface area contributed by atoms with E-state index in [1.807, 2.05) is 34.8 Å². The van der Waals surface area contributed by atoms with Crippen LogP contribution in [-0.2, 0) is 10.8 Å². The first-order chi connectivity index (χ1) is 45.3. The number of anilines is 6. The van der Waals surface area contributed by atoms with Gasteiger partial charge in [-0.15, -0.1) is 22.7 Å². The van der Waals surface area contributed by atoms with Gasteiger partial charge in [0.15, 0.2) is 0 Å². The Bertz CT molecular complexity index is 4630. The highest BCUT2D eigenvalue weighted by Gasteiger charge is 2.43. The second-order valence-electron chi connectivity index (χ2n) is 24.5. The maximum atomic E-state index is 5.33. The standard InChI is InChI=1S/C86H68N4S2/c1-5-85(6-2)73-53-61(41-45-69(73)71-47-43-67(55-75(71)85)89(63-23-13-9-14-24-63)64-25-15-10-16-26-64)81-51-49-79(91-81)57-33-37-59(38-34-57)83-84(88-78-32-22-21-31-77(78)87-83)60-39-35-58(36-40-60)80-50-52-82(92-80)62-42-46-70-72-48-44-68(56-76(72)86(7-3,8-4)74(70)54-62)90(65-27-17-11-18-28-65)66-29-19-12-20-30-66/h9-56H,5-8H2,1-4H3.